The first kappa shape index (κ1) is 14.2. The Morgan fingerprint density at radius 3 is 1.93 bits per heavy atom. The van der Waals surface area contributed by atoms with Crippen molar-refractivity contribution in [2.75, 3.05) is 0 Å². The van der Waals surface area contributed by atoms with Crippen LogP contribution in [0, 0.1) is 0 Å². The smallest absolute Gasteiger partial charge is 0.405 e. The fourth-order valence-electron chi connectivity index (χ4n) is 1.52. The van der Waals surface area contributed by atoms with Crippen LogP contribution in [0.15, 0.2) is 0 Å². The fourth-order valence-corrected chi connectivity index (χ4v) is 1.52. The lowest BCUT2D eigenvalue weighted by molar-refractivity contribution is -0.0961. The first-order valence-corrected chi connectivity index (χ1v) is 5.17. The summed E-state index contributed by atoms with van der Waals surface area (Å²) in [6, 6.07) is 0. The van der Waals surface area contributed by atoms with Crippen LogP contribution in [0.1, 0.15) is 47.0 Å². The van der Waals surface area contributed by atoms with Crippen LogP contribution >= 0.6 is 0 Å². The fraction of sp³-hybridized carbons (Fsp3) is 0.900. The number of ether oxygens (including phenoxy) is 1. The zero-order valence-electron chi connectivity index (χ0n) is 10.0. The molecule has 0 heterocycles. The van der Waals surface area contributed by atoms with Gasteiger partial charge in [0.1, 0.15) is 5.60 Å². The van der Waals surface area contributed by atoms with Gasteiger partial charge < -0.3 is 10.5 Å². The van der Waals surface area contributed by atoms with E-state index < -0.39 is 17.3 Å². The Balaban J connectivity index is 4.61. The van der Waals surface area contributed by atoms with Crippen molar-refractivity contribution in [3.63, 3.8) is 0 Å². The molecule has 90 valence electrons. The van der Waals surface area contributed by atoms with Crippen LogP contribution < -0.4 is 11.6 Å². The number of amides is 1. The third kappa shape index (κ3) is 4.48. The van der Waals surface area contributed by atoms with Crippen LogP contribution in [0.25, 0.3) is 0 Å². The van der Waals surface area contributed by atoms with Crippen LogP contribution in [-0.4, -0.2) is 17.3 Å². The van der Waals surface area contributed by atoms with Gasteiger partial charge in [0.05, 0.1) is 5.60 Å². The number of hydrogen-bond acceptors (Lipinski definition) is 4. The maximum Gasteiger partial charge on any atom is 0.405 e. The van der Waals surface area contributed by atoms with Crippen molar-refractivity contribution in [2.24, 2.45) is 11.6 Å². The van der Waals surface area contributed by atoms with Crippen molar-refractivity contribution < 1.29 is 14.4 Å². The minimum Gasteiger partial charge on any atom is -0.443 e. The standard InChI is InChI=1S/C10H22N2O3/c1-5-9(3,14-8(11)13)7-10(4,6-2)15-12/h5-7,12H2,1-4H3,(H2,11,13). The Morgan fingerprint density at radius 2 is 1.67 bits per heavy atom. The molecule has 2 atom stereocenters. The van der Waals surface area contributed by atoms with Crippen LogP contribution in [0.2, 0.25) is 0 Å². The third-order valence-corrected chi connectivity index (χ3v) is 2.88. The lowest BCUT2D eigenvalue weighted by atomic mass is 9.86. The second kappa shape index (κ2) is 5.32. The number of primary amides is 1. The molecule has 0 fully saturated rings. The van der Waals surface area contributed by atoms with Crippen molar-refractivity contribution in [2.45, 2.75) is 58.2 Å². The van der Waals surface area contributed by atoms with Crippen molar-refractivity contribution >= 4 is 6.09 Å². The number of nitrogens with two attached hydrogens (primary N) is 2. The molecule has 0 aromatic rings. The van der Waals surface area contributed by atoms with Crippen molar-refractivity contribution in [3.05, 3.63) is 0 Å². The quantitative estimate of drug-likeness (QED) is 0.664. The zero-order chi connectivity index (χ0) is 12.1. The van der Waals surface area contributed by atoms with E-state index in [0.29, 0.717) is 12.8 Å². The van der Waals surface area contributed by atoms with E-state index in [-0.39, 0.29) is 0 Å². The van der Waals surface area contributed by atoms with Gasteiger partial charge in [0.2, 0.25) is 0 Å². The average Bonchev–Trinajstić information content (AvgIpc) is 2.16. The summed E-state index contributed by atoms with van der Waals surface area (Å²) in [6.07, 6.45) is 1.15. The Hall–Kier alpha value is -0.810. The summed E-state index contributed by atoms with van der Waals surface area (Å²) >= 11 is 0. The van der Waals surface area contributed by atoms with Crippen LogP contribution in [0.4, 0.5) is 4.79 Å². The van der Waals surface area contributed by atoms with Crippen LogP contribution in [0.3, 0.4) is 0 Å². The molecule has 5 nitrogen and oxygen atoms in total. The SMILES string of the molecule is CCC(C)(CC(C)(CC)OC(N)=O)ON. The number of carbonyl (C=O) groups excluding carboxylic acids is 1. The Kier molecular flexibility index (Phi) is 5.03. The molecular formula is C10H22N2O3. The molecule has 4 N–H and O–H groups in total. The highest BCUT2D eigenvalue weighted by Crippen LogP contribution is 2.30. The third-order valence-electron chi connectivity index (χ3n) is 2.88. The molecule has 0 aliphatic rings. The molecule has 2 unspecified atom stereocenters. The first-order valence-electron chi connectivity index (χ1n) is 5.17. The molecule has 0 rings (SSSR count). The second-order valence-corrected chi connectivity index (χ2v) is 4.32. The van der Waals surface area contributed by atoms with E-state index >= 15 is 0 Å². The van der Waals surface area contributed by atoms with Gasteiger partial charge in [-0.15, -0.1) is 0 Å². The largest absolute Gasteiger partial charge is 0.443 e. The van der Waals surface area contributed by atoms with E-state index in [1.165, 1.54) is 0 Å². The Morgan fingerprint density at radius 1 is 1.20 bits per heavy atom. The summed E-state index contributed by atoms with van der Waals surface area (Å²) < 4.78 is 5.09. The van der Waals surface area contributed by atoms with Gasteiger partial charge in [0, 0.05) is 6.42 Å². The molecule has 0 aliphatic carbocycles. The minimum atomic E-state index is -0.769. The average molecular weight is 218 g/mol. The lowest BCUT2D eigenvalue weighted by Gasteiger charge is -2.36. The molecule has 0 radical (unpaired) electrons. The molecule has 0 aliphatic heterocycles. The van der Waals surface area contributed by atoms with E-state index in [2.05, 4.69) is 0 Å². The molecule has 0 aromatic carbocycles. The van der Waals surface area contributed by atoms with Gasteiger partial charge in [-0.3, -0.25) is 4.84 Å². The predicted molar refractivity (Wildman–Crippen MR) is 57.9 cm³/mol. The van der Waals surface area contributed by atoms with E-state index in [0.717, 1.165) is 6.42 Å². The van der Waals surface area contributed by atoms with E-state index in [1.54, 1.807) is 0 Å². The van der Waals surface area contributed by atoms with Crippen molar-refractivity contribution in [3.8, 4) is 0 Å². The molecule has 0 aromatic heterocycles. The first-order chi connectivity index (χ1) is 6.81. The van der Waals surface area contributed by atoms with Gasteiger partial charge in [0.15, 0.2) is 0 Å². The number of rotatable bonds is 6. The predicted octanol–water partition coefficient (Wildman–Crippen LogP) is 1.70. The Bertz CT molecular complexity index is 217. The van der Waals surface area contributed by atoms with Crippen molar-refractivity contribution in [1.29, 1.82) is 0 Å². The molecule has 5 heteroatoms. The number of carbonyl (C=O) groups is 1. The minimum absolute atomic E-state index is 0.500. The normalized spacial score (nSPS) is 19.0. The van der Waals surface area contributed by atoms with E-state index in [1.807, 2.05) is 27.7 Å². The van der Waals surface area contributed by atoms with Crippen molar-refractivity contribution in [1.82, 2.24) is 0 Å². The summed E-state index contributed by atoms with van der Waals surface area (Å²) in [7, 11) is 0. The summed E-state index contributed by atoms with van der Waals surface area (Å²) in [6.45, 7) is 7.60. The monoisotopic (exact) mass is 218 g/mol. The van der Waals surface area contributed by atoms with Gasteiger partial charge >= 0.3 is 6.09 Å². The summed E-state index contributed by atoms with van der Waals surface area (Å²) in [5, 5.41) is 0. The highest BCUT2D eigenvalue weighted by molar-refractivity contribution is 5.65. The maximum absolute atomic E-state index is 10.8. The van der Waals surface area contributed by atoms with E-state index in [4.69, 9.17) is 21.2 Å². The van der Waals surface area contributed by atoms with Gasteiger partial charge in [-0.05, 0) is 26.7 Å². The van der Waals surface area contributed by atoms with Gasteiger partial charge in [0.25, 0.3) is 0 Å². The molecule has 0 bridgehead atoms. The lowest BCUT2D eigenvalue weighted by Crippen LogP contribution is -2.44. The Labute approximate surface area is 91.0 Å². The molecule has 15 heavy (non-hydrogen) atoms. The van der Waals surface area contributed by atoms with Crippen LogP contribution in [0.5, 0.6) is 0 Å². The highest BCUT2D eigenvalue weighted by Gasteiger charge is 2.36. The highest BCUT2D eigenvalue weighted by atomic mass is 16.6. The molecule has 0 saturated carbocycles. The maximum atomic E-state index is 10.8. The second-order valence-electron chi connectivity index (χ2n) is 4.32. The van der Waals surface area contributed by atoms with Gasteiger partial charge in [-0.1, -0.05) is 13.8 Å². The summed E-state index contributed by atoms with van der Waals surface area (Å²) in [5.41, 5.74) is 3.89. The molecular weight excluding hydrogens is 196 g/mol. The van der Waals surface area contributed by atoms with E-state index in [9.17, 15) is 4.79 Å². The molecule has 1 amide bonds. The molecule has 0 saturated heterocycles. The topological polar surface area (TPSA) is 87.6 Å². The van der Waals surface area contributed by atoms with Gasteiger partial charge in [-0.25, -0.2) is 10.7 Å². The molecule has 0 spiro atoms. The summed E-state index contributed by atoms with van der Waals surface area (Å²) in [5.74, 6) is 5.24. The number of hydrogen-bond donors (Lipinski definition) is 2. The zero-order valence-corrected chi connectivity index (χ0v) is 10.0. The van der Waals surface area contributed by atoms with Crippen LogP contribution in [-0.2, 0) is 9.57 Å². The van der Waals surface area contributed by atoms with Gasteiger partial charge in [-0.2, -0.15) is 0 Å². The summed E-state index contributed by atoms with van der Waals surface area (Å²) in [4.78, 5) is 15.7.